The minimum Gasteiger partial charge on any atom is -0.352 e. The summed E-state index contributed by atoms with van der Waals surface area (Å²) in [4.78, 5) is 12.3. The van der Waals surface area contributed by atoms with Gasteiger partial charge in [-0.1, -0.05) is 0 Å². The zero-order valence-electron chi connectivity index (χ0n) is 14.9. The average Bonchev–Trinajstić information content (AvgIpc) is 2.34. The van der Waals surface area contributed by atoms with E-state index in [1.165, 1.54) is 38.5 Å². The van der Waals surface area contributed by atoms with E-state index in [2.05, 4.69) is 12.2 Å². The van der Waals surface area contributed by atoms with Gasteiger partial charge in [0, 0.05) is 6.04 Å². The third-order valence-electron chi connectivity index (χ3n) is 6.64. The Labute approximate surface area is 140 Å². The van der Waals surface area contributed by atoms with Crippen LogP contribution in [0.3, 0.4) is 0 Å². The molecule has 0 spiro atoms. The second-order valence-corrected chi connectivity index (χ2v) is 12.2. The molecule has 0 aromatic heterocycles. The highest BCUT2D eigenvalue weighted by atomic mass is 32.2. The number of carbonyl (C=O) groups is 1. The number of carbonyl (C=O) groups excluding carboxylic acids is 1. The van der Waals surface area contributed by atoms with Crippen molar-refractivity contribution < 1.29 is 13.2 Å². The van der Waals surface area contributed by atoms with Gasteiger partial charge in [-0.25, -0.2) is 8.42 Å². The van der Waals surface area contributed by atoms with E-state index in [4.69, 9.17) is 0 Å². The molecule has 4 aliphatic carbocycles. The Morgan fingerprint density at radius 1 is 1.09 bits per heavy atom. The molecule has 23 heavy (non-hydrogen) atoms. The van der Waals surface area contributed by atoms with Crippen molar-refractivity contribution in [2.45, 2.75) is 77.0 Å². The van der Waals surface area contributed by atoms with E-state index in [0.717, 1.165) is 17.8 Å². The average molecular weight is 342 g/mol. The van der Waals surface area contributed by atoms with Crippen molar-refractivity contribution in [1.29, 1.82) is 0 Å². The molecular weight excluding hydrogens is 310 g/mol. The number of amides is 1. The summed E-state index contributed by atoms with van der Waals surface area (Å²) in [7, 11) is -3.41. The maximum Gasteiger partial charge on any atom is 0.235 e. The van der Waals surface area contributed by atoms with Crippen LogP contribution in [0.2, 0.25) is 0 Å². The monoisotopic (exact) mass is 341 g/mol. The highest BCUT2D eigenvalue weighted by Gasteiger charge is 2.53. The third kappa shape index (κ3) is 3.18. The third-order valence-corrected chi connectivity index (χ3v) is 9.14. The van der Waals surface area contributed by atoms with Gasteiger partial charge in [0.05, 0.1) is 4.75 Å². The first-order chi connectivity index (χ1) is 10.5. The SMILES string of the molecule is CC(NC(=O)CS(=O)(=O)C(C)(C)C)C12CC3CC(CC(C3)C1)C2. The Bertz CT molecular complexity index is 553. The van der Waals surface area contributed by atoms with Gasteiger partial charge < -0.3 is 5.32 Å². The molecule has 1 unspecified atom stereocenters. The van der Waals surface area contributed by atoms with Gasteiger partial charge in [0.1, 0.15) is 5.75 Å². The smallest absolute Gasteiger partial charge is 0.235 e. The van der Waals surface area contributed by atoms with E-state index in [9.17, 15) is 13.2 Å². The van der Waals surface area contributed by atoms with Crippen molar-refractivity contribution in [3.8, 4) is 0 Å². The summed E-state index contributed by atoms with van der Waals surface area (Å²) >= 11 is 0. The first-order valence-electron chi connectivity index (χ1n) is 9.02. The van der Waals surface area contributed by atoms with Crippen LogP contribution in [0.1, 0.15) is 66.2 Å². The predicted octanol–water partition coefficient (Wildman–Crippen LogP) is 2.92. The molecule has 4 rings (SSSR count). The lowest BCUT2D eigenvalue weighted by atomic mass is 9.48. The molecular formula is C18H31NO3S. The number of sulfone groups is 1. The van der Waals surface area contributed by atoms with Crippen molar-refractivity contribution in [1.82, 2.24) is 5.32 Å². The first kappa shape index (κ1) is 17.2. The topological polar surface area (TPSA) is 63.2 Å². The fourth-order valence-corrected chi connectivity index (χ4v) is 6.39. The number of hydrogen-bond acceptors (Lipinski definition) is 3. The van der Waals surface area contributed by atoms with E-state index in [1.807, 2.05) is 0 Å². The quantitative estimate of drug-likeness (QED) is 0.855. The largest absolute Gasteiger partial charge is 0.352 e. The molecule has 0 aromatic rings. The van der Waals surface area contributed by atoms with Crippen LogP contribution < -0.4 is 5.32 Å². The van der Waals surface area contributed by atoms with E-state index in [0.29, 0.717) is 0 Å². The molecule has 0 aromatic carbocycles. The maximum absolute atomic E-state index is 12.3. The molecule has 5 heteroatoms. The van der Waals surface area contributed by atoms with Crippen LogP contribution in [0.25, 0.3) is 0 Å². The molecule has 4 aliphatic rings. The molecule has 4 nitrogen and oxygen atoms in total. The summed E-state index contributed by atoms with van der Waals surface area (Å²) in [6, 6.07) is 0.0820. The number of nitrogens with one attached hydrogen (secondary N) is 1. The molecule has 132 valence electrons. The Balaban J connectivity index is 1.65. The van der Waals surface area contributed by atoms with Crippen molar-refractivity contribution in [2.24, 2.45) is 23.2 Å². The summed E-state index contributed by atoms with van der Waals surface area (Å²) in [5, 5.41) is 3.05. The van der Waals surface area contributed by atoms with E-state index in [-0.39, 0.29) is 17.4 Å². The normalized spacial score (nSPS) is 37.7. The zero-order valence-corrected chi connectivity index (χ0v) is 15.7. The van der Waals surface area contributed by atoms with Crippen LogP contribution in [0.15, 0.2) is 0 Å². The van der Waals surface area contributed by atoms with Gasteiger partial charge in [-0.05, 0) is 89.4 Å². The summed E-state index contributed by atoms with van der Waals surface area (Å²) in [5.74, 6) is 1.77. The number of hydrogen-bond donors (Lipinski definition) is 1. The summed E-state index contributed by atoms with van der Waals surface area (Å²) in [6.07, 6.45) is 7.76. The van der Waals surface area contributed by atoms with E-state index in [1.54, 1.807) is 20.8 Å². The maximum atomic E-state index is 12.3. The van der Waals surface area contributed by atoms with Gasteiger partial charge in [-0.15, -0.1) is 0 Å². The minimum atomic E-state index is -3.41. The number of rotatable bonds is 4. The standard InChI is InChI=1S/C18H31NO3S/c1-12(19-16(20)11-23(21,22)17(2,3)4)18-8-13-5-14(9-18)7-15(6-13)10-18/h12-15H,5-11H2,1-4H3,(H,19,20). The van der Waals surface area contributed by atoms with Crippen molar-refractivity contribution >= 4 is 15.7 Å². The zero-order chi connectivity index (χ0) is 17.0. The predicted molar refractivity (Wildman–Crippen MR) is 91.7 cm³/mol. The van der Waals surface area contributed by atoms with Crippen LogP contribution in [0.5, 0.6) is 0 Å². The minimum absolute atomic E-state index is 0.0820. The van der Waals surface area contributed by atoms with E-state index < -0.39 is 20.3 Å². The highest BCUT2D eigenvalue weighted by Crippen LogP contribution is 2.61. The molecule has 0 heterocycles. The molecule has 4 saturated carbocycles. The Morgan fingerprint density at radius 3 is 1.91 bits per heavy atom. The van der Waals surface area contributed by atoms with Gasteiger partial charge in [-0.3, -0.25) is 4.79 Å². The lowest BCUT2D eigenvalue weighted by Crippen LogP contribution is -2.56. The van der Waals surface area contributed by atoms with Gasteiger partial charge >= 0.3 is 0 Å². The summed E-state index contributed by atoms with van der Waals surface area (Å²) in [5.41, 5.74) is 0.218. The molecule has 0 radical (unpaired) electrons. The Hall–Kier alpha value is -0.580. The fourth-order valence-electron chi connectivity index (χ4n) is 5.53. The lowest BCUT2D eigenvalue weighted by Gasteiger charge is -2.59. The van der Waals surface area contributed by atoms with Crippen LogP contribution in [0, 0.1) is 23.2 Å². The second-order valence-electron chi connectivity index (χ2n) is 9.44. The Morgan fingerprint density at radius 2 is 1.52 bits per heavy atom. The van der Waals surface area contributed by atoms with E-state index >= 15 is 0 Å². The molecule has 1 atom stereocenters. The Kier molecular flexibility index (Phi) is 4.10. The van der Waals surface area contributed by atoms with Gasteiger partial charge in [-0.2, -0.15) is 0 Å². The molecule has 4 fully saturated rings. The lowest BCUT2D eigenvalue weighted by molar-refractivity contribution is -0.123. The fraction of sp³-hybridized carbons (Fsp3) is 0.944. The molecule has 0 saturated heterocycles. The molecule has 4 bridgehead atoms. The van der Waals surface area contributed by atoms with Crippen molar-refractivity contribution in [2.75, 3.05) is 5.75 Å². The van der Waals surface area contributed by atoms with Gasteiger partial charge in [0.25, 0.3) is 0 Å². The second kappa shape index (κ2) is 5.47. The van der Waals surface area contributed by atoms with Crippen LogP contribution >= 0.6 is 0 Å². The van der Waals surface area contributed by atoms with Gasteiger partial charge in [0.15, 0.2) is 9.84 Å². The van der Waals surface area contributed by atoms with Crippen molar-refractivity contribution in [3.05, 3.63) is 0 Å². The molecule has 1 amide bonds. The first-order valence-corrected chi connectivity index (χ1v) is 10.7. The molecule has 1 N–H and O–H groups in total. The van der Waals surface area contributed by atoms with Crippen molar-refractivity contribution in [3.63, 3.8) is 0 Å². The summed E-state index contributed by atoms with van der Waals surface area (Å²) in [6.45, 7) is 7.04. The molecule has 0 aliphatic heterocycles. The van der Waals surface area contributed by atoms with Crippen LogP contribution in [-0.2, 0) is 14.6 Å². The highest BCUT2D eigenvalue weighted by molar-refractivity contribution is 7.93. The van der Waals surface area contributed by atoms with Crippen LogP contribution in [0.4, 0.5) is 0 Å². The summed E-state index contributed by atoms with van der Waals surface area (Å²) < 4.78 is 23.6. The van der Waals surface area contributed by atoms with Gasteiger partial charge in [0.2, 0.25) is 5.91 Å². The van der Waals surface area contributed by atoms with Crippen LogP contribution in [-0.4, -0.2) is 30.9 Å².